The summed E-state index contributed by atoms with van der Waals surface area (Å²) in [5.74, 6) is 0.636. The van der Waals surface area contributed by atoms with Gasteiger partial charge in [0.05, 0.1) is 18.9 Å². The first-order valence-electron chi connectivity index (χ1n) is 4.45. The van der Waals surface area contributed by atoms with Crippen LogP contribution < -0.4 is 10.5 Å². The van der Waals surface area contributed by atoms with Crippen LogP contribution in [0.15, 0.2) is 24.3 Å². The van der Waals surface area contributed by atoms with Crippen molar-refractivity contribution in [2.75, 3.05) is 32.2 Å². The van der Waals surface area contributed by atoms with Crippen molar-refractivity contribution in [2.24, 2.45) is 0 Å². The summed E-state index contributed by atoms with van der Waals surface area (Å²) in [5.41, 5.74) is 6.23. The average Bonchev–Trinajstić information content (AvgIpc) is 2.20. The van der Waals surface area contributed by atoms with Crippen LogP contribution in [0.3, 0.4) is 0 Å². The number of hydrogen-bond acceptors (Lipinski definition) is 3. The van der Waals surface area contributed by atoms with Crippen molar-refractivity contribution in [3.05, 3.63) is 24.3 Å². The molecule has 0 saturated heterocycles. The zero-order valence-corrected chi connectivity index (χ0v) is 7.91. The van der Waals surface area contributed by atoms with Gasteiger partial charge in [-0.1, -0.05) is 12.1 Å². The highest BCUT2D eigenvalue weighted by Gasteiger charge is 1.97. The summed E-state index contributed by atoms with van der Waals surface area (Å²) in [4.78, 5) is 0. The lowest BCUT2D eigenvalue weighted by Crippen LogP contribution is -2.09. The van der Waals surface area contributed by atoms with Crippen molar-refractivity contribution >= 4 is 5.69 Å². The Morgan fingerprint density at radius 2 is 1.93 bits per heavy atom. The van der Waals surface area contributed by atoms with E-state index in [0.29, 0.717) is 24.7 Å². The molecule has 0 aliphatic heterocycles. The van der Waals surface area contributed by atoms with Crippen molar-refractivity contribution in [3.63, 3.8) is 0 Å². The summed E-state index contributed by atoms with van der Waals surface area (Å²) < 4.78 is 21.8. The third-order valence-electron chi connectivity index (χ3n) is 1.63. The fourth-order valence-corrected chi connectivity index (χ4v) is 0.979. The molecule has 1 aromatic rings. The van der Waals surface area contributed by atoms with Crippen LogP contribution in [-0.2, 0) is 4.74 Å². The fraction of sp³-hybridized carbons (Fsp3) is 0.400. The number of benzene rings is 1. The molecule has 0 aliphatic carbocycles. The van der Waals surface area contributed by atoms with Crippen LogP contribution in [0.2, 0.25) is 0 Å². The molecular formula is C10H14FNO2. The van der Waals surface area contributed by atoms with Gasteiger partial charge in [-0.05, 0) is 12.1 Å². The molecule has 1 rings (SSSR count). The molecule has 0 spiro atoms. The van der Waals surface area contributed by atoms with E-state index in [1.165, 1.54) is 0 Å². The van der Waals surface area contributed by atoms with Gasteiger partial charge in [-0.2, -0.15) is 0 Å². The Kier molecular flexibility index (Phi) is 4.78. The molecule has 0 heterocycles. The SMILES string of the molecule is Nc1ccccc1OCCOCCF. The monoisotopic (exact) mass is 199 g/mol. The number of nitrogen functional groups attached to an aromatic ring is 1. The molecule has 1 aromatic carbocycles. The Labute approximate surface area is 82.6 Å². The Balaban J connectivity index is 2.21. The minimum Gasteiger partial charge on any atom is -0.489 e. The van der Waals surface area contributed by atoms with Crippen LogP contribution in [0, 0.1) is 0 Å². The lowest BCUT2D eigenvalue weighted by atomic mass is 10.3. The maximum Gasteiger partial charge on any atom is 0.142 e. The molecule has 4 heteroatoms. The number of rotatable bonds is 6. The van der Waals surface area contributed by atoms with Crippen LogP contribution >= 0.6 is 0 Å². The summed E-state index contributed by atoms with van der Waals surface area (Å²) in [6.07, 6.45) is 0. The number of hydrogen-bond donors (Lipinski definition) is 1. The van der Waals surface area contributed by atoms with Gasteiger partial charge in [-0.25, -0.2) is 4.39 Å². The maximum absolute atomic E-state index is 11.6. The average molecular weight is 199 g/mol. The van der Waals surface area contributed by atoms with E-state index < -0.39 is 6.67 Å². The minimum atomic E-state index is -0.465. The van der Waals surface area contributed by atoms with Crippen LogP contribution in [0.25, 0.3) is 0 Å². The zero-order chi connectivity index (χ0) is 10.2. The van der Waals surface area contributed by atoms with Gasteiger partial charge in [0.2, 0.25) is 0 Å². The van der Waals surface area contributed by atoms with Crippen molar-refractivity contribution in [3.8, 4) is 5.75 Å². The van der Waals surface area contributed by atoms with Gasteiger partial charge in [0.25, 0.3) is 0 Å². The summed E-state index contributed by atoms with van der Waals surface area (Å²) >= 11 is 0. The second kappa shape index (κ2) is 6.21. The van der Waals surface area contributed by atoms with Gasteiger partial charge < -0.3 is 15.2 Å². The van der Waals surface area contributed by atoms with E-state index in [2.05, 4.69) is 0 Å². The van der Waals surface area contributed by atoms with Gasteiger partial charge >= 0.3 is 0 Å². The largest absolute Gasteiger partial charge is 0.489 e. The highest BCUT2D eigenvalue weighted by atomic mass is 19.1. The number of nitrogens with two attached hydrogens (primary N) is 1. The fourth-order valence-electron chi connectivity index (χ4n) is 0.979. The van der Waals surface area contributed by atoms with E-state index in [9.17, 15) is 4.39 Å². The van der Waals surface area contributed by atoms with Gasteiger partial charge in [0.15, 0.2) is 0 Å². The second-order valence-corrected chi connectivity index (χ2v) is 2.69. The molecule has 0 fully saturated rings. The quantitative estimate of drug-likeness (QED) is 0.559. The zero-order valence-electron chi connectivity index (χ0n) is 7.91. The van der Waals surface area contributed by atoms with Crippen LogP contribution in [0.4, 0.5) is 10.1 Å². The predicted molar refractivity (Wildman–Crippen MR) is 53.1 cm³/mol. The normalized spacial score (nSPS) is 10.1. The van der Waals surface area contributed by atoms with Crippen LogP contribution in [-0.4, -0.2) is 26.5 Å². The molecule has 0 aliphatic rings. The van der Waals surface area contributed by atoms with Crippen molar-refractivity contribution < 1.29 is 13.9 Å². The Bertz CT molecular complexity index is 268. The molecule has 0 radical (unpaired) electrons. The molecule has 0 atom stereocenters. The van der Waals surface area contributed by atoms with E-state index in [-0.39, 0.29) is 6.61 Å². The van der Waals surface area contributed by atoms with E-state index in [1.54, 1.807) is 12.1 Å². The topological polar surface area (TPSA) is 44.5 Å². The lowest BCUT2D eigenvalue weighted by molar-refractivity contribution is 0.0899. The lowest BCUT2D eigenvalue weighted by Gasteiger charge is -2.08. The molecule has 78 valence electrons. The minimum absolute atomic E-state index is 0.119. The maximum atomic E-state index is 11.6. The Morgan fingerprint density at radius 3 is 2.64 bits per heavy atom. The molecule has 3 nitrogen and oxygen atoms in total. The first-order valence-corrected chi connectivity index (χ1v) is 4.45. The number of para-hydroxylation sites is 2. The highest BCUT2D eigenvalue weighted by molar-refractivity contribution is 5.51. The Morgan fingerprint density at radius 1 is 1.14 bits per heavy atom. The third-order valence-corrected chi connectivity index (χ3v) is 1.63. The van der Waals surface area contributed by atoms with E-state index in [0.717, 1.165) is 0 Å². The van der Waals surface area contributed by atoms with E-state index >= 15 is 0 Å². The number of halogens is 1. The van der Waals surface area contributed by atoms with E-state index in [1.807, 2.05) is 12.1 Å². The summed E-state index contributed by atoms with van der Waals surface area (Å²) in [6, 6.07) is 7.22. The standard InChI is InChI=1S/C10H14FNO2/c11-5-6-13-7-8-14-10-4-2-1-3-9(10)12/h1-4H,5-8,12H2. The first kappa shape index (κ1) is 10.8. The predicted octanol–water partition coefficient (Wildman–Crippen LogP) is 1.63. The molecule has 2 N–H and O–H groups in total. The van der Waals surface area contributed by atoms with Crippen molar-refractivity contribution in [1.82, 2.24) is 0 Å². The molecule has 0 unspecified atom stereocenters. The molecule has 0 amide bonds. The summed E-state index contributed by atoms with van der Waals surface area (Å²) in [6.45, 7) is 0.410. The molecule has 0 bridgehead atoms. The molecule has 14 heavy (non-hydrogen) atoms. The van der Waals surface area contributed by atoms with E-state index in [4.69, 9.17) is 15.2 Å². The van der Waals surface area contributed by atoms with Gasteiger partial charge in [0, 0.05) is 0 Å². The third kappa shape index (κ3) is 3.62. The van der Waals surface area contributed by atoms with Gasteiger partial charge in [-0.15, -0.1) is 0 Å². The summed E-state index contributed by atoms with van der Waals surface area (Å²) in [5, 5.41) is 0. The first-order chi connectivity index (χ1) is 6.84. The van der Waals surface area contributed by atoms with Crippen LogP contribution in [0.5, 0.6) is 5.75 Å². The number of anilines is 1. The number of alkyl halides is 1. The highest BCUT2D eigenvalue weighted by Crippen LogP contribution is 2.19. The Hall–Kier alpha value is -1.29. The summed E-state index contributed by atoms with van der Waals surface area (Å²) in [7, 11) is 0. The molecule has 0 saturated carbocycles. The molecule has 0 aromatic heterocycles. The van der Waals surface area contributed by atoms with Crippen molar-refractivity contribution in [2.45, 2.75) is 0 Å². The van der Waals surface area contributed by atoms with Gasteiger partial charge in [-0.3, -0.25) is 0 Å². The van der Waals surface area contributed by atoms with Crippen LogP contribution in [0.1, 0.15) is 0 Å². The van der Waals surface area contributed by atoms with Crippen molar-refractivity contribution in [1.29, 1.82) is 0 Å². The smallest absolute Gasteiger partial charge is 0.142 e. The molecular weight excluding hydrogens is 185 g/mol. The number of ether oxygens (including phenoxy) is 2. The van der Waals surface area contributed by atoms with Gasteiger partial charge in [0.1, 0.15) is 19.0 Å². The second-order valence-electron chi connectivity index (χ2n) is 2.69.